The summed E-state index contributed by atoms with van der Waals surface area (Å²) < 4.78 is 9.17. The van der Waals surface area contributed by atoms with Crippen LogP contribution in [-0.4, -0.2) is 63.1 Å². The molecule has 8 heteroatoms. The third-order valence-corrected chi connectivity index (χ3v) is 4.46. The SMILES string of the molecule is COC(=O)/C=C(/Nc1ccc(C(=O)NCCN2CCCCC2)cc1)C(=O)OC. The average Bonchev–Trinajstić information content (AvgIpc) is 2.73. The zero-order valence-electron chi connectivity index (χ0n) is 16.3. The molecule has 1 fully saturated rings. The highest BCUT2D eigenvalue weighted by atomic mass is 16.5. The summed E-state index contributed by atoms with van der Waals surface area (Å²) in [6, 6.07) is 6.58. The van der Waals surface area contributed by atoms with Gasteiger partial charge in [0.05, 0.1) is 20.3 Å². The van der Waals surface area contributed by atoms with Crippen LogP contribution in [0.5, 0.6) is 0 Å². The molecular weight excluding hydrogens is 362 g/mol. The van der Waals surface area contributed by atoms with E-state index in [-0.39, 0.29) is 11.6 Å². The first-order valence-corrected chi connectivity index (χ1v) is 9.29. The molecule has 1 aromatic carbocycles. The van der Waals surface area contributed by atoms with Gasteiger partial charge in [0.2, 0.25) is 0 Å². The Hall–Kier alpha value is -2.87. The number of methoxy groups -OCH3 is 2. The van der Waals surface area contributed by atoms with Crippen molar-refractivity contribution in [1.82, 2.24) is 10.2 Å². The predicted octanol–water partition coefficient (Wildman–Crippen LogP) is 1.54. The van der Waals surface area contributed by atoms with Gasteiger partial charge < -0.3 is 25.0 Å². The van der Waals surface area contributed by atoms with Crippen LogP contribution in [0.4, 0.5) is 5.69 Å². The molecule has 1 aromatic rings. The van der Waals surface area contributed by atoms with E-state index in [1.54, 1.807) is 24.3 Å². The van der Waals surface area contributed by atoms with E-state index >= 15 is 0 Å². The van der Waals surface area contributed by atoms with Gasteiger partial charge in [0.1, 0.15) is 5.70 Å². The molecule has 0 atom stereocenters. The van der Waals surface area contributed by atoms with Gasteiger partial charge in [-0.2, -0.15) is 0 Å². The van der Waals surface area contributed by atoms with Gasteiger partial charge in [0.15, 0.2) is 0 Å². The number of esters is 2. The standard InChI is InChI=1S/C20H27N3O5/c1-27-18(24)14-17(20(26)28-2)22-16-8-6-15(7-9-16)19(25)21-10-13-23-11-4-3-5-12-23/h6-9,14,22H,3-5,10-13H2,1-2H3,(H,21,25)/b17-14+. The Morgan fingerprint density at radius 3 is 2.32 bits per heavy atom. The Morgan fingerprint density at radius 2 is 1.71 bits per heavy atom. The number of nitrogens with zero attached hydrogens (tertiary/aromatic N) is 1. The predicted molar refractivity (Wildman–Crippen MR) is 105 cm³/mol. The fourth-order valence-corrected chi connectivity index (χ4v) is 2.91. The Balaban J connectivity index is 1.90. The van der Waals surface area contributed by atoms with Crippen molar-refractivity contribution in [2.75, 3.05) is 45.7 Å². The highest BCUT2D eigenvalue weighted by Gasteiger charge is 2.14. The number of ether oxygens (including phenoxy) is 2. The van der Waals surface area contributed by atoms with Gasteiger partial charge in [-0.05, 0) is 50.2 Å². The van der Waals surface area contributed by atoms with Crippen LogP contribution in [0.2, 0.25) is 0 Å². The van der Waals surface area contributed by atoms with E-state index in [0.717, 1.165) is 25.7 Å². The van der Waals surface area contributed by atoms with E-state index in [2.05, 4.69) is 25.0 Å². The zero-order valence-corrected chi connectivity index (χ0v) is 16.3. The van der Waals surface area contributed by atoms with Crippen LogP contribution in [-0.2, 0) is 19.1 Å². The van der Waals surface area contributed by atoms with Crippen molar-refractivity contribution in [3.63, 3.8) is 0 Å². The number of carbonyl (C=O) groups excluding carboxylic acids is 3. The van der Waals surface area contributed by atoms with Crippen LogP contribution in [0.25, 0.3) is 0 Å². The van der Waals surface area contributed by atoms with Crippen molar-refractivity contribution in [3.05, 3.63) is 41.6 Å². The first-order chi connectivity index (χ1) is 13.5. The van der Waals surface area contributed by atoms with E-state index in [1.807, 2.05) is 0 Å². The highest BCUT2D eigenvalue weighted by Crippen LogP contribution is 2.13. The van der Waals surface area contributed by atoms with Crippen LogP contribution >= 0.6 is 0 Å². The molecule has 0 saturated carbocycles. The maximum Gasteiger partial charge on any atom is 0.354 e. The number of nitrogens with one attached hydrogen (secondary N) is 2. The molecule has 1 aliphatic rings. The molecule has 2 N–H and O–H groups in total. The lowest BCUT2D eigenvalue weighted by Gasteiger charge is -2.26. The number of benzene rings is 1. The fraction of sp³-hybridized carbons (Fsp3) is 0.450. The van der Waals surface area contributed by atoms with Gasteiger partial charge in [0.25, 0.3) is 5.91 Å². The summed E-state index contributed by atoms with van der Waals surface area (Å²) in [7, 11) is 2.43. The Morgan fingerprint density at radius 1 is 1.04 bits per heavy atom. The van der Waals surface area contributed by atoms with Crippen molar-refractivity contribution < 1.29 is 23.9 Å². The number of rotatable bonds is 8. The summed E-state index contributed by atoms with van der Waals surface area (Å²) in [5.41, 5.74) is 0.985. The molecule has 0 spiro atoms. The number of piperidine rings is 1. The molecule has 1 aliphatic heterocycles. The summed E-state index contributed by atoms with van der Waals surface area (Å²) in [6.07, 6.45) is 4.74. The highest BCUT2D eigenvalue weighted by molar-refractivity contribution is 5.99. The second-order valence-corrected chi connectivity index (χ2v) is 6.43. The largest absolute Gasteiger partial charge is 0.466 e. The van der Waals surface area contributed by atoms with Gasteiger partial charge in [-0.15, -0.1) is 0 Å². The summed E-state index contributed by atoms with van der Waals surface area (Å²) >= 11 is 0. The minimum absolute atomic E-state index is 0.0620. The second-order valence-electron chi connectivity index (χ2n) is 6.43. The lowest BCUT2D eigenvalue weighted by Crippen LogP contribution is -2.37. The lowest BCUT2D eigenvalue weighted by atomic mass is 10.1. The van der Waals surface area contributed by atoms with Gasteiger partial charge in [-0.25, -0.2) is 9.59 Å². The van der Waals surface area contributed by atoms with Crippen molar-refractivity contribution in [2.24, 2.45) is 0 Å². The summed E-state index contributed by atoms with van der Waals surface area (Å²) in [4.78, 5) is 37.8. The first kappa shape index (κ1) is 21.4. The quantitative estimate of drug-likeness (QED) is 0.514. The normalized spacial score (nSPS) is 14.9. The Bertz CT molecular complexity index is 709. The molecule has 0 bridgehead atoms. The molecule has 1 amide bonds. The third kappa shape index (κ3) is 6.70. The van der Waals surface area contributed by atoms with Crippen molar-refractivity contribution in [2.45, 2.75) is 19.3 Å². The molecule has 152 valence electrons. The molecule has 0 aromatic heterocycles. The minimum Gasteiger partial charge on any atom is -0.466 e. The van der Waals surface area contributed by atoms with Crippen molar-refractivity contribution in [3.8, 4) is 0 Å². The number of carbonyl (C=O) groups is 3. The van der Waals surface area contributed by atoms with Gasteiger partial charge in [-0.3, -0.25) is 4.79 Å². The maximum atomic E-state index is 12.3. The molecule has 1 heterocycles. The lowest BCUT2D eigenvalue weighted by molar-refractivity contribution is -0.138. The van der Waals surface area contributed by atoms with Crippen molar-refractivity contribution >= 4 is 23.5 Å². The van der Waals surface area contributed by atoms with E-state index in [4.69, 9.17) is 0 Å². The van der Waals surface area contributed by atoms with Crippen LogP contribution in [0, 0.1) is 0 Å². The molecule has 2 rings (SSSR count). The number of hydrogen-bond acceptors (Lipinski definition) is 7. The average molecular weight is 389 g/mol. The molecule has 0 aliphatic carbocycles. The summed E-state index contributed by atoms with van der Waals surface area (Å²) in [5.74, 6) is -1.54. The molecule has 28 heavy (non-hydrogen) atoms. The monoisotopic (exact) mass is 389 g/mol. The molecular formula is C20H27N3O5. The Labute approximate surface area is 164 Å². The van der Waals surface area contributed by atoms with E-state index in [0.29, 0.717) is 17.8 Å². The Kier molecular flexibility index (Phi) is 8.48. The zero-order chi connectivity index (χ0) is 20.4. The number of likely N-dealkylation sites (tertiary alicyclic amines) is 1. The van der Waals surface area contributed by atoms with Gasteiger partial charge in [0, 0.05) is 24.3 Å². The minimum atomic E-state index is -0.704. The smallest absolute Gasteiger partial charge is 0.354 e. The van der Waals surface area contributed by atoms with Crippen molar-refractivity contribution in [1.29, 1.82) is 0 Å². The molecule has 1 saturated heterocycles. The maximum absolute atomic E-state index is 12.3. The van der Waals surface area contributed by atoms with E-state index < -0.39 is 11.9 Å². The third-order valence-electron chi connectivity index (χ3n) is 4.46. The molecule has 0 unspecified atom stereocenters. The van der Waals surface area contributed by atoms with Gasteiger partial charge >= 0.3 is 11.9 Å². The number of hydrogen-bond donors (Lipinski definition) is 2. The summed E-state index contributed by atoms with van der Waals surface area (Å²) in [5, 5.41) is 5.71. The number of anilines is 1. The molecule has 0 radical (unpaired) electrons. The van der Waals surface area contributed by atoms with Crippen LogP contribution in [0.1, 0.15) is 29.6 Å². The van der Waals surface area contributed by atoms with E-state index in [9.17, 15) is 14.4 Å². The second kappa shape index (κ2) is 11.1. The first-order valence-electron chi connectivity index (χ1n) is 9.29. The van der Waals surface area contributed by atoms with Crippen LogP contribution in [0.15, 0.2) is 36.0 Å². The van der Waals surface area contributed by atoms with Gasteiger partial charge in [-0.1, -0.05) is 6.42 Å². The van der Waals surface area contributed by atoms with Crippen LogP contribution < -0.4 is 10.6 Å². The molecule has 8 nitrogen and oxygen atoms in total. The summed E-state index contributed by atoms with van der Waals surface area (Å²) in [6.45, 7) is 3.65. The van der Waals surface area contributed by atoms with E-state index in [1.165, 1.54) is 33.5 Å². The van der Waals surface area contributed by atoms with Crippen LogP contribution in [0.3, 0.4) is 0 Å². The fourth-order valence-electron chi connectivity index (χ4n) is 2.91. The topological polar surface area (TPSA) is 97.0 Å². The number of amides is 1.